The molecule has 2 N–H and O–H groups in total. The van der Waals surface area contributed by atoms with Crippen LogP contribution in [0.15, 0.2) is 48.5 Å². The normalized spacial score (nSPS) is 21.4. The molecule has 9 heteroatoms. The third kappa shape index (κ3) is 8.20. The van der Waals surface area contributed by atoms with Crippen LogP contribution in [0.4, 0.5) is 0 Å². The fourth-order valence-electron chi connectivity index (χ4n) is 7.22. The van der Waals surface area contributed by atoms with Crippen LogP contribution in [0.5, 0.6) is 0 Å². The quantitative estimate of drug-likeness (QED) is 0.415. The Balaban J connectivity index is 1.24. The van der Waals surface area contributed by atoms with Gasteiger partial charge in [0.25, 0.3) is 0 Å². The molecule has 2 fully saturated rings. The monoisotopic (exact) mass is 621 g/mol. The summed E-state index contributed by atoms with van der Waals surface area (Å²) in [5.41, 5.74) is 3.40. The summed E-state index contributed by atoms with van der Waals surface area (Å²) in [6.45, 7) is 10.9. The number of nitrogens with one attached hydrogen (secondary N) is 2. The van der Waals surface area contributed by atoms with Gasteiger partial charge in [0.1, 0.15) is 6.04 Å². The van der Waals surface area contributed by atoms with E-state index in [9.17, 15) is 14.4 Å². The maximum Gasteiger partial charge on any atom is 0.245 e. The number of rotatable bonds is 10. The summed E-state index contributed by atoms with van der Waals surface area (Å²) in [5, 5.41) is 7.26. The van der Waals surface area contributed by atoms with Crippen LogP contribution in [0.1, 0.15) is 69.2 Å². The summed E-state index contributed by atoms with van der Waals surface area (Å²) in [7, 11) is 0. The Morgan fingerprint density at radius 1 is 0.977 bits per heavy atom. The van der Waals surface area contributed by atoms with E-state index in [1.165, 1.54) is 5.56 Å². The van der Waals surface area contributed by atoms with Crippen LogP contribution in [0.2, 0.25) is 5.02 Å². The Morgan fingerprint density at radius 2 is 1.66 bits per heavy atom. The smallest absolute Gasteiger partial charge is 0.245 e. The lowest BCUT2D eigenvalue weighted by Crippen LogP contribution is -2.55. The second kappa shape index (κ2) is 14.9. The van der Waals surface area contributed by atoms with Crippen molar-refractivity contribution in [2.75, 3.05) is 39.3 Å². The van der Waals surface area contributed by atoms with Gasteiger partial charge >= 0.3 is 0 Å². The second-order valence-corrected chi connectivity index (χ2v) is 13.6. The maximum absolute atomic E-state index is 14.0. The van der Waals surface area contributed by atoms with Crippen LogP contribution in [0.3, 0.4) is 0 Å². The molecule has 44 heavy (non-hydrogen) atoms. The van der Waals surface area contributed by atoms with Crippen LogP contribution in [0.25, 0.3) is 0 Å². The van der Waals surface area contributed by atoms with Gasteiger partial charge in [-0.1, -0.05) is 61.8 Å². The molecule has 3 aliphatic rings. The molecular formula is C35H48ClN5O3. The predicted molar refractivity (Wildman–Crippen MR) is 174 cm³/mol. The van der Waals surface area contributed by atoms with Crippen molar-refractivity contribution in [3.05, 3.63) is 70.2 Å². The van der Waals surface area contributed by atoms with Gasteiger partial charge in [0.05, 0.1) is 0 Å². The number of nitrogens with zero attached hydrogens (tertiary/aromatic N) is 3. The van der Waals surface area contributed by atoms with Crippen LogP contribution >= 0.6 is 11.6 Å². The first kappa shape index (κ1) is 32.5. The van der Waals surface area contributed by atoms with E-state index in [1.807, 2.05) is 46.2 Å². The van der Waals surface area contributed by atoms with Crippen molar-refractivity contribution in [3.8, 4) is 0 Å². The first-order chi connectivity index (χ1) is 21.2. The zero-order valence-corrected chi connectivity index (χ0v) is 27.2. The average molecular weight is 622 g/mol. The lowest BCUT2D eigenvalue weighted by molar-refractivity contribution is -0.138. The Morgan fingerprint density at radius 3 is 2.34 bits per heavy atom. The van der Waals surface area contributed by atoms with E-state index in [0.717, 1.165) is 63.0 Å². The van der Waals surface area contributed by atoms with Gasteiger partial charge in [-0.3, -0.25) is 19.3 Å². The molecule has 5 rings (SSSR count). The first-order valence-corrected chi connectivity index (χ1v) is 16.7. The summed E-state index contributed by atoms with van der Waals surface area (Å²) in [4.78, 5) is 46.0. The highest BCUT2D eigenvalue weighted by Gasteiger charge is 2.37. The van der Waals surface area contributed by atoms with Gasteiger partial charge in [0.2, 0.25) is 17.7 Å². The van der Waals surface area contributed by atoms with Crippen molar-refractivity contribution in [2.45, 2.75) is 83.5 Å². The second-order valence-electron chi connectivity index (χ2n) is 13.2. The number of hydrogen-bond donors (Lipinski definition) is 2. The molecule has 2 aromatic rings. The fraction of sp³-hybridized carbons (Fsp3) is 0.571. The maximum atomic E-state index is 14.0. The molecule has 0 radical (unpaired) electrons. The van der Waals surface area contributed by atoms with E-state index in [2.05, 4.69) is 41.5 Å². The van der Waals surface area contributed by atoms with E-state index >= 15 is 0 Å². The first-order valence-electron chi connectivity index (χ1n) is 16.3. The van der Waals surface area contributed by atoms with Gasteiger partial charge in [0.15, 0.2) is 0 Å². The van der Waals surface area contributed by atoms with E-state index < -0.39 is 6.04 Å². The molecule has 0 spiro atoms. The zero-order chi connectivity index (χ0) is 31.2. The van der Waals surface area contributed by atoms with E-state index in [4.69, 9.17) is 11.6 Å². The number of piperidine rings is 1. The van der Waals surface area contributed by atoms with Gasteiger partial charge in [-0.25, -0.2) is 0 Å². The molecule has 3 amide bonds. The third-order valence-corrected chi connectivity index (χ3v) is 9.74. The number of carbonyl (C=O) groups excluding carboxylic acids is 3. The van der Waals surface area contributed by atoms with E-state index in [1.54, 1.807) is 6.92 Å². The van der Waals surface area contributed by atoms with Crippen LogP contribution in [-0.4, -0.2) is 89.8 Å². The van der Waals surface area contributed by atoms with Gasteiger partial charge < -0.3 is 20.4 Å². The number of fused-ring (bicyclic) bond motifs is 1. The van der Waals surface area contributed by atoms with Crippen LogP contribution in [-0.2, 0) is 27.2 Å². The Labute approximate surface area is 267 Å². The number of carbonyl (C=O) groups is 3. The summed E-state index contributed by atoms with van der Waals surface area (Å²) < 4.78 is 0. The molecule has 0 aromatic heterocycles. The minimum Gasteiger partial charge on any atom is -0.344 e. The molecule has 2 aromatic carbocycles. The minimum atomic E-state index is -0.648. The largest absolute Gasteiger partial charge is 0.344 e. The molecule has 0 aliphatic carbocycles. The third-order valence-electron chi connectivity index (χ3n) is 9.49. The lowest BCUT2D eigenvalue weighted by atomic mass is 9.92. The standard InChI is InChI=1S/C35H48ClN5O3/c1-24(2)22-41(30-15-19-40(23-30)25(3)42)29-13-17-39(18-14-29)35(44)33(20-26-8-10-28(36)11-9-26)38-34(43)21-32-31-7-5-4-6-27(31)12-16-37-32/h4-11,24,29-30,32-33,37H,12-23H2,1-3H3,(H,38,43)/t30-,32-,33-/m1/s1. The molecule has 2 saturated heterocycles. The number of halogens is 1. The summed E-state index contributed by atoms with van der Waals surface area (Å²) >= 11 is 6.13. The highest BCUT2D eigenvalue weighted by Crippen LogP contribution is 2.27. The number of amides is 3. The fourth-order valence-corrected chi connectivity index (χ4v) is 7.35. The number of hydrogen-bond acceptors (Lipinski definition) is 5. The van der Waals surface area contributed by atoms with Crippen molar-refractivity contribution in [2.24, 2.45) is 5.92 Å². The Hall–Kier alpha value is -2.94. The summed E-state index contributed by atoms with van der Waals surface area (Å²) in [6.07, 6.45) is 4.43. The SMILES string of the molecule is CC(=O)N1CC[C@@H](N(CC(C)C)C2CCN(C(=O)[C@@H](Cc3ccc(Cl)cc3)NC(=O)C[C@H]3NCCc4ccccc43)CC2)C1. The van der Waals surface area contributed by atoms with Crippen LogP contribution in [0, 0.1) is 5.92 Å². The predicted octanol–water partition coefficient (Wildman–Crippen LogP) is 4.21. The van der Waals surface area contributed by atoms with Crippen molar-refractivity contribution < 1.29 is 14.4 Å². The minimum absolute atomic E-state index is 0.0252. The number of benzene rings is 2. The number of likely N-dealkylation sites (tertiary alicyclic amines) is 2. The average Bonchev–Trinajstić information content (AvgIpc) is 3.51. The highest BCUT2D eigenvalue weighted by molar-refractivity contribution is 6.30. The van der Waals surface area contributed by atoms with Gasteiger partial charge in [-0.05, 0) is 67.0 Å². The van der Waals surface area contributed by atoms with Crippen molar-refractivity contribution in [1.82, 2.24) is 25.3 Å². The van der Waals surface area contributed by atoms with E-state index in [-0.39, 0.29) is 30.2 Å². The molecule has 0 bridgehead atoms. The molecular weight excluding hydrogens is 574 g/mol. The molecule has 3 atom stereocenters. The van der Waals surface area contributed by atoms with Crippen LogP contribution < -0.4 is 10.6 Å². The van der Waals surface area contributed by atoms with Gasteiger partial charge in [-0.15, -0.1) is 0 Å². The van der Waals surface area contributed by atoms with Crippen molar-refractivity contribution >= 4 is 29.3 Å². The summed E-state index contributed by atoms with van der Waals surface area (Å²) in [6, 6.07) is 15.8. The molecule has 8 nitrogen and oxygen atoms in total. The van der Waals surface area contributed by atoms with Gasteiger partial charge in [-0.2, -0.15) is 0 Å². The highest BCUT2D eigenvalue weighted by atomic mass is 35.5. The van der Waals surface area contributed by atoms with Crippen molar-refractivity contribution in [1.29, 1.82) is 0 Å². The van der Waals surface area contributed by atoms with Gasteiger partial charge in [0, 0.05) is 75.6 Å². The molecule has 0 unspecified atom stereocenters. The van der Waals surface area contributed by atoms with Crippen molar-refractivity contribution in [3.63, 3.8) is 0 Å². The molecule has 0 saturated carbocycles. The topological polar surface area (TPSA) is 85.0 Å². The Kier molecular flexibility index (Phi) is 11.0. The molecule has 238 valence electrons. The Bertz CT molecular complexity index is 1290. The molecule has 3 aliphatic heterocycles. The lowest BCUT2D eigenvalue weighted by Gasteiger charge is -2.43. The zero-order valence-electron chi connectivity index (χ0n) is 26.4. The molecule has 3 heterocycles. The summed E-state index contributed by atoms with van der Waals surface area (Å²) in [5.74, 6) is 0.517. The van der Waals surface area contributed by atoms with E-state index in [0.29, 0.717) is 42.5 Å².